The topological polar surface area (TPSA) is 24.5 Å². The lowest BCUT2D eigenvalue weighted by Gasteiger charge is -2.38. The summed E-state index contributed by atoms with van der Waals surface area (Å²) in [4.78, 5) is 2.70. The fourth-order valence-corrected chi connectivity index (χ4v) is 3.94. The fourth-order valence-electron chi connectivity index (χ4n) is 3.94. The van der Waals surface area contributed by atoms with Crippen molar-refractivity contribution in [2.45, 2.75) is 38.6 Å². The van der Waals surface area contributed by atoms with Gasteiger partial charge in [0.15, 0.2) is 0 Å². The molecule has 23 heavy (non-hydrogen) atoms. The van der Waals surface area contributed by atoms with Crippen LogP contribution in [0.3, 0.4) is 0 Å². The standard InChI is InChI=1S/C18H28N2O.2ClH/c1-2-21-17-9-7-16(8-10-17)18(15-5-3-4-6-15)20-13-11-19-12-14-20;;/h7-10,15,18-19H,2-6,11-14H2,1H3;2*1H/t18-;;/m1../s1. The zero-order chi connectivity index (χ0) is 14.5. The molecule has 0 unspecified atom stereocenters. The van der Waals surface area contributed by atoms with E-state index in [1.54, 1.807) is 0 Å². The Labute approximate surface area is 153 Å². The predicted octanol–water partition coefficient (Wildman–Crippen LogP) is 4.07. The zero-order valence-electron chi connectivity index (χ0n) is 14.0. The van der Waals surface area contributed by atoms with E-state index < -0.39 is 0 Å². The van der Waals surface area contributed by atoms with Gasteiger partial charge in [-0.05, 0) is 43.4 Å². The second-order valence-electron chi connectivity index (χ2n) is 6.28. The number of ether oxygens (including phenoxy) is 1. The van der Waals surface area contributed by atoms with Gasteiger partial charge in [-0.15, -0.1) is 24.8 Å². The Morgan fingerprint density at radius 3 is 2.26 bits per heavy atom. The van der Waals surface area contributed by atoms with Crippen LogP contribution in [-0.2, 0) is 0 Å². The van der Waals surface area contributed by atoms with Gasteiger partial charge in [0.1, 0.15) is 5.75 Å². The second kappa shape index (κ2) is 10.4. The van der Waals surface area contributed by atoms with Gasteiger partial charge in [0, 0.05) is 32.2 Å². The molecule has 1 aliphatic heterocycles. The first kappa shape index (κ1) is 20.6. The van der Waals surface area contributed by atoms with E-state index in [4.69, 9.17) is 4.74 Å². The highest BCUT2D eigenvalue weighted by atomic mass is 35.5. The molecule has 2 fully saturated rings. The molecule has 2 aliphatic rings. The molecular formula is C18H30Cl2N2O. The van der Waals surface area contributed by atoms with Crippen LogP contribution >= 0.6 is 24.8 Å². The normalized spacial score (nSPS) is 20.4. The van der Waals surface area contributed by atoms with E-state index in [0.29, 0.717) is 6.04 Å². The molecule has 1 aromatic carbocycles. The number of halogens is 2. The lowest BCUT2D eigenvalue weighted by molar-refractivity contribution is 0.125. The van der Waals surface area contributed by atoms with Gasteiger partial charge in [-0.3, -0.25) is 4.90 Å². The fraction of sp³-hybridized carbons (Fsp3) is 0.667. The quantitative estimate of drug-likeness (QED) is 0.856. The van der Waals surface area contributed by atoms with Gasteiger partial charge in [-0.2, -0.15) is 0 Å². The van der Waals surface area contributed by atoms with E-state index in [2.05, 4.69) is 34.5 Å². The molecule has 1 N–H and O–H groups in total. The number of nitrogens with zero attached hydrogens (tertiary/aromatic N) is 1. The average Bonchev–Trinajstić information content (AvgIpc) is 3.05. The first-order valence-electron chi connectivity index (χ1n) is 8.56. The highest BCUT2D eigenvalue weighted by Crippen LogP contribution is 2.40. The number of hydrogen-bond acceptors (Lipinski definition) is 3. The van der Waals surface area contributed by atoms with E-state index in [-0.39, 0.29) is 24.8 Å². The predicted molar refractivity (Wildman–Crippen MR) is 101 cm³/mol. The summed E-state index contributed by atoms with van der Waals surface area (Å²) in [6.45, 7) is 7.38. The molecule has 1 aliphatic carbocycles. The highest BCUT2D eigenvalue weighted by Gasteiger charge is 2.31. The summed E-state index contributed by atoms with van der Waals surface area (Å²) in [6.07, 6.45) is 5.60. The van der Waals surface area contributed by atoms with Crippen molar-refractivity contribution in [1.82, 2.24) is 10.2 Å². The Bertz CT molecular complexity index is 429. The smallest absolute Gasteiger partial charge is 0.119 e. The average molecular weight is 361 g/mol. The van der Waals surface area contributed by atoms with Crippen LogP contribution in [0.1, 0.15) is 44.2 Å². The molecule has 5 heteroatoms. The minimum atomic E-state index is 0. The molecule has 0 bridgehead atoms. The molecule has 3 nitrogen and oxygen atoms in total. The molecule has 1 saturated carbocycles. The molecule has 0 radical (unpaired) electrons. The lowest BCUT2D eigenvalue weighted by atomic mass is 9.89. The van der Waals surface area contributed by atoms with E-state index in [9.17, 15) is 0 Å². The van der Waals surface area contributed by atoms with Crippen molar-refractivity contribution >= 4 is 24.8 Å². The summed E-state index contributed by atoms with van der Waals surface area (Å²) in [7, 11) is 0. The maximum atomic E-state index is 5.59. The summed E-state index contributed by atoms with van der Waals surface area (Å²) in [5.74, 6) is 1.83. The summed E-state index contributed by atoms with van der Waals surface area (Å²) in [5.41, 5.74) is 1.48. The third kappa shape index (κ3) is 5.25. The SMILES string of the molecule is CCOc1ccc([C@@H](C2CCCC2)N2CCNCC2)cc1.Cl.Cl. The molecule has 132 valence electrons. The first-order chi connectivity index (χ1) is 10.4. The largest absolute Gasteiger partial charge is 0.494 e. The highest BCUT2D eigenvalue weighted by molar-refractivity contribution is 5.85. The van der Waals surface area contributed by atoms with Crippen LogP contribution in [0.4, 0.5) is 0 Å². The van der Waals surface area contributed by atoms with Crippen LogP contribution in [0.25, 0.3) is 0 Å². The maximum Gasteiger partial charge on any atom is 0.119 e. The van der Waals surface area contributed by atoms with Gasteiger partial charge in [0.2, 0.25) is 0 Å². The van der Waals surface area contributed by atoms with Crippen molar-refractivity contribution in [3.8, 4) is 5.75 Å². The zero-order valence-corrected chi connectivity index (χ0v) is 15.6. The number of rotatable bonds is 5. The van der Waals surface area contributed by atoms with E-state index in [1.807, 2.05) is 6.92 Å². The van der Waals surface area contributed by atoms with E-state index >= 15 is 0 Å². The summed E-state index contributed by atoms with van der Waals surface area (Å²) in [5, 5.41) is 3.48. The van der Waals surface area contributed by atoms with Crippen LogP contribution in [0.5, 0.6) is 5.75 Å². The van der Waals surface area contributed by atoms with Gasteiger partial charge in [0.25, 0.3) is 0 Å². The number of nitrogens with one attached hydrogen (secondary N) is 1. The Hall–Kier alpha value is -0.480. The van der Waals surface area contributed by atoms with Gasteiger partial charge >= 0.3 is 0 Å². The van der Waals surface area contributed by atoms with Crippen LogP contribution in [0.15, 0.2) is 24.3 Å². The third-order valence-corrected chi connectivity index (χ3v) is 4.92. The molecule has 0 aromatic heterocycles. The third-order valence-electron chi connectivity index (χ3n) is 4.92. The molecule has 1 saturated heterocycles. The number of benzene rings is 1. The Kier molecular flexibility index (Phi) is 9.30. The Morgan fingerprint density at radius 2 is 1.70 bits per heavy atom. The van der Waals surface area contributed by atoms with Crippen molar-refractivity contribution in [1.29, 1.82) is 0 Å². The van der Waals surface area contributed by atoms with Gasteiger partial charge in [-0.25, -0.2) is 0 Å². The van der Waals surface area contributed by atoms with Crippen molar-refractivity contribution < 1.29 is 4.74 Å². The van der Waals surface area contributed by atoms with Gasteiger partial charge < -0.3 is 10.1 Å². The van der Waals surface area contributed by atoms with E-state index in [1.165, 1.54) is 44.3 Å². The second-order valence-corrected chi connectivity index (χ2v) is 6.28. The van der Waals surface area contributed by atoms with Gasteiger partial charge in [-0.1, -0.05) is 25.0 Å². The Balaban J connectivity index is 0.00000132. The molecule has 0 amide bonds. The van der Waals surface area contributed by atoms with E-state index in [0.717, 1.165) is 31.4 Å². The summed E-state index contributed by atoms with van der Waals surface area (Å²) >= 11 is 0. The Morgan fingerprint density at radius 1 is 1.09 bits per heavy atom. The molecule has 3 rings (SSSR count). The van der Waals surface area contributed by atoms with Crippen LogP contribution in [0.2, 0.25) is 0 Å². The number of piperazine rings is 1. The van der Waals surface area contributed by atoms with Crippen LogP contribution in [-0.4, -0.2) is 37.7 Å². The van der Waals surface area contributed by atoms with Crippen molar-refractivity contribution in [2.24, 2.45) is 5.92 Å². The van der Waals surface area contributed by atoms with Crippen molar-refractivity contribution in [3.63, 3.8) is 0 Å². The molecule has 1 heterocycles. The lowest BCUT2D eigenvalue weighted by Crippen LogP contribution is -2.46. The minimum absolute atomic E-state index is 0. The molecule has 0 spiro atoms. The maximum absolute atomic E-state index is 5.59. The minimum Gasteiger partial charge on any atom is -0.494 e. The monoisotopic (exact) mass is 360 g/mol. The van der Waals surface area contributed by atoms with Crippen LogP contribution < -0.4 is 10.1 Å². The number of hydrogen-bond donors (Lipinski definition) is 1. The summed E-state index contributed by atoms with van der Waals surface area (Å²) < 4.78 is 5.59. The van der Waals surface area contributed by atoms with Crippen LogP contribution in [0, 0.1) is 5.92 Å². The van der Waals surface area contributed by atoms with Gasteiger partial charge in [0.05, 0.1) is 6.61 Å². The van der Waals surface area contributed by atoms with Crippen molar-refractivity contribution in [2.75, 3.05) is 32.8 Å². The van der Waals surface area contributed by atoms with Crippen molar-refractivity contribution in [3.05, 3.63) is 29.8 Å². The molecule has 1 atom stereocenters. The first-order valence-corrected chi connectivity index (χ1v) is 8.56. The molecule has 1 aromatic rings. The molecular weight excluding hydrogens is 331 g/mol. The summed E-state index contributed by atoms with van der Waals surface area (Å²) in [6, 6.07) is 9.46.